The number of aliphatic imine (C=N–C) groups is 1. The Balaban J connectivity index is 0.00000420. The van der Waals surface area contributed by atoms with Crippen molar-refractivity contribution in [2.24, 2.45) is 4.99 Å². The van der Waals surface area contributed by atoms with E-state index < -0.39 is 18.6 Å². The predicted octanol–water partition coefficient (Wildman–Crippen LogP) is 0.933. The molecule has 0 fully saturated rings. The molecular weight excluding hydrogens is 506 g/mol. The largest absolute Gasteiger partial charge is 0.406 e. The average Bonchev–Trinajstić information content (AvgIpc) is 3.00. The number of alkyl halides is 3. The Morgan fingerprint density at radius 3 is 2.79 bits per heavy atom. The number of guanidine groups is 1. The number of methoxy groups -OCH3 is 1. The van der Waals surface area contributed by atoms with E-state index in [-0.39, 0.29) is 36.6 Å². The van der Waals surface area contributed by atoms with E-state index in [9.17, 15) is 18.0 Å². The molecule has 1 aliphatic rings. The van der Waals surface area contributed by atoms with Crippen molar-refractivity contribution in [2.45, 2.75) is 45.1 Å². The topological polar surface area (TPSA) is 96.7 Å². The van der Waals surface area contributed by atoms with Gasteiger partial charge in [0.25, 0.3) is 0 Å². The maximum Gasteiger partial charge on any atom is 0.406 e. The summed E-state index contributed by atoms with van der Waals surface area (Å²) in [7, 11) is 2.69. The number of aromatic nitrogens is 3. The number of amides is 1. The summed E-state index contributed by atoms with van der Waals surface area (Å²) in [6.45, 7) is 1.65. The lowest BCUT2D eigenvalue weighted by Crippen LogP contribution is -2.47. The van der Waals surface area contributed by atoms with Crippen LogP contribution in [0.25, 0.3) is 0 Å². The van der Waals surface area contributed by atoms with E-state index in [1.54, 1.807) is 11.8 Å². The molecule has 0 saturated carbocycles. The highest BCUT2D eigenvalue weighted by atomic mass is 127. The van der Waals surface area contributed by atoms with Crippen LogP contribution in [-0.2, 0) is 29.1 Å². The van der Waals surface area contributed by atoms with Crippen molar-refractivity contribution in [3.63, 3.8) is 0 Å². The second-order valence-electron chi connectivity index (χ2n) is 6.50. The molecule has 29 heavy (non-hydrogen) atoms. The first-order valence-electron chi connectivity index (χ1n) is 8.99. The molecule has 2 N–H and O–H groups in total. The molecular formula is C16H27F3IN7O2. The maximum absolute atomic E-state index is 12.4. The number of rotatable bonds is 7. The first kappa shape index (κ1) is 25.4. The van der Waals surface area contributed by atoms with E-state index in [4.69, 9.17) is 4.74 Å². The molecule has 1 unspecified atom stereocenters. The number of nitrogens with zero attached hydrogens (tertiary/aromatic N) is 5. The van der Waals surface area contributed by atoms with E-state index in [0.29, 0.717) is 36.4 Å². The van der Waals surface area contributed by atoms with Gasteiger partial charge in [-0.25, -0.2) is 14.7 Å². The number of carbonyl (C=O) groups excluding carboxylic acids is 1. The average molecular weight is 533 g/mol. The third-order valence-corrected chi connectivity index (χ3v) is 4.08. The van der Waals surface area contributed by atoms with Crippen LogP contribution in [0.1, 0.15) is 25.0 Å². The van der Waals surface area contributed by atoms with Gasteiger partial charge in [-0.2, -0.15) is 18.3 Å². The fourth-order valence-electron chi connectivity index (χ4n) is 2.81. The van der Waals surface area contributed by atoms with Crippen molar-refractivity contribution in [1.82, 2.24) is 30.3 Å². The van der Waals surface area contributed by atoms with Crippen LogP contribution in [0.3, 0.4) is 0 Å². The van der Waals surface area contributed by atoms with Crippen LogP contribution in [-0.4, -0.2) is 77.5 Å². The summed E-state index contributed by atoms with van der Waals surface area (Å²) in [6.07, 6.45) is -2.92. The number of ether oxygens (including phenoxy) is 1. The first-order chi connectivity index (χ1) is 13.2. The smallest absolute Gasteiger partial charge is 0.377 e. The maximum atomic E-state index is 12.4. The molecule has 1 aromatic heterocycles. The number of carbonyl (C=O) groups is 1. The molecule has 2 heterocycles. The first-order valence-corrected chi connectivity index (χ1v) is 8.99. The van der Waals surface area contributed by atoms with Crippen molar-refractivity contribution < 1.29 is 22.7 Å². The molecule has 1 aliphatic heterocycles. The standard InChI is InChI=1S/C16H26F3N7O2.HI/c1-4-20-15(21-7-14(27)25(2)10-16(17,18)19)22-11-5-6-13-23-12(9-28-3)24-26(13)8-11;/h11H,4-10H2,1-3H3,(H2,20,21,22);1H. The van der Waals surface area contributed by atoms with Crippen LogP contribution in [0.4, 0.5) is 13.2 Å². The summed E-state index contributed by atoms with van der Waals surface area (Å²) < 4.78 is 44.0. The minimum Gasteiger partial charge on any atom is -0.377 e. The second-order valence-corrected chi connectivity index (χ2v) is 6.50. The minimum atomic E-state index is -4.43. The molecule has 166 valence electrons. The monoisotopic (exact) mass is 533 g/mol. The number of likely N-dealkylation sites (N-methyl/N-ethyl adjacent to an activating group) is 1. The third-order valence-electron chi connectivity index (χ3n) is 4.08. The molecule has 1 aromatic rings. The summed E-state index contributed by atoms with van der Waals surface area (Å²) in [5.74, 6) is 1.18. The van der Waals surface area contributed by atoms with E-state index in [2.05, 4.69) is 25.7 Å². The van der Waals surface area contributed by atoms with Gasteiger partial charge < -0.3 is 20.3 Å². The molecule has 0 spiro atoms. The van der Waals surface area contributed by atoms with E-state index >= 15 is 0 Å². The van der Waals surface area contributed by atoms with Gasteiger partial charge in [0.1, 0.15) is 25.5 Å². The van der Waals surface area contributed by atoms with Gasteiger partial charge in [0, 0.05) is 33.2 Å². The van der Waals surface area contributed by atoms with Crippen molar-refractivity contribution in [3.8, 4) is 0 Å². The molecule has 13 heteroatoms. The fraction of sp³-hybridized carbons (Fsp3) is 0.750. The molecule has 0 bridgehead atoms. The van der Waals surface area contributed by atoms with Crippen LogP contribution >= 0.6 is 24.0 Å². The van der Waals surface area contributed by atoms with Gasteiger partial charge in [-0.05, 0) is 13.3 Å². The van der Waals surface area contributed by atoms with Crippen LogP contribution in [0, 0.1) is 0 Å². The van der Waals surface area contributed by atoms with Crippen LogP contribution in [0.5, 0.6) is 0 Å². The van der Waals surface area contributed by atoms with Gasteiger partial charge in [-0.3, -0.25) is 4.79 Å². The highest BCUT2D eigenvalue weighted by Crippen LogP contribution is 2.16. The predicted molar refractivity (Wildman–Crippen MR) is 111 cm³/mol. The summed E-state index contributed by atoms with van der Waals surface area (Å²) in [4.78, 5) is 21.0. The van der Waals surface area contributed by atoms with Crippen molar-refractivity contribution in [3.05, 3.63) is 11.6 Å². The molecule has 9 nitrogen and oxygen atoms in total. The molecule has 0 aliphatic carbocycles. The van der Waals surface area contributed by atoms with Crippen LogP contribution < -0.4 is 10.6 Å². The normalized spacial score (nSPS) is 16.6. The van der Waals surface area contributed by atoms with Crippen molar-refractivity contribution in [2.75, 3.05) is 33.8 Å². The number of halogens is 4. The zero-order valence-corrected chi connectivity index (χ0v) is 19.0. The van der Waals surface area contributed by atoms with Crippen LogP contribution in [0.2, 0.25) is 0 Å². The molecule has 0 saturated heterocycles. The molecule has 1 amide bonds. The van der Waals surface area contributed by atoms with Gasteiger partial charge in [0.15, 0.2) is 11.8 Å². The second kappa shape index (κ2) is 11.5. The van der Waals surface area contributed by atoms with Gasteiger partial charge >= 0.3 is 6.18 Å². The third kappa shape index (κ3) is 8.32. The highest BCUT2D eigenvalue weighted by molar-refractivity contribution is 14.0. The van der Waals surface area contributed by atoms with E-state index in [1.807, 2.05) is 6.92 Å². The van der Waals surface area contributed by atoms with Gasteiger partial charge in [0.2, 0.25) is 5.91 Å². The van der Waals surface area contributed by atoms with Crippen molar-refractivity contribution in [1.29, 1.82) is 0 Å². The Morgan fingerprint density at radius 2 is 2.17 bits per heavy atom. The summed E-state index contributed by atoms with van der Waals surface area (Å²) >= 11 is 0. The Hall–Kier alpha value is -1.64. The Bertz CT molecular complexity index is 697. The lowest BCUT2D eigenvalue weighted by atomic mass is 10.1. The number of hydrogen-bond acceptors (Lipinski definition) is 5. The zero-order chi connectivity index (χ0) is 20.7. The summed E-state index contributed by atoms with van der Waals surface area (Å²) in [6, 6.07) is 0.00500. The highest BCUT2D eigenvalue weighted by Gasteiger charge is 2.31. The molecule has 0 aromatic carbocycles. The molecule has 0 radical (unpaired) electrons. The number of hydrogen-bond donors (Lipinski definition) is 2. The lowest BCUT2D eigenvalue weighted by Gasteiger charge is -2.25. The van der Waals surface area contributed by atoms with Gasteiger partial charge in [0.05, 0.1) is 6.54 Å². The summed E-state index contributed by atoms with van der Waals surface area (Å²) in [5, 5.41) is 10.6. The van der Waals surface area contributed by atoms with Gasteiger partial charge in [-0.1, -0.05) is 0 Å². The Morgan fingerprint density at radius 1 is 1.45 bits per heavy atom. The van der Waals surface area contributed by atoms with Crippen LogP contribution in [0.15, 0.2) is 4.99 Å². The Kier molecular flexibility index (Phi) is 10.1. The molecule has 2 rings (SSSR count). The van der Waals surface area contributed by atoms with E-state index in [0.717, 1.165) is 25.7 Å². The molecule has 1 atom stereocenters. The van der Waals surface area contributed by atoms with Gasteiger partial charge in [-0.15, -0.1) is 24.0 Å². The SMILES string of the molecule is CCNC(=NCC(=O)N(C)CC(F)(F)F)NC1CCc2nc(COC)nn2C1.I. The van der Waals surface area contributed by atoms with Crippen molar-refractivity contribution >= 4 is 35.8 Å². The number of fused-ring (bicyclic) bond motifs is 1. The minimum absolute atomic E-state index is 0. The number of aryl methyl sites for hydroxylation is 1. The van der Waals surface area contributed by atoms with E-state index in [1.165, 1.54) is 0 Å². The summed E-state index contributed by atoms with van der Waals surface area (Å²) in [5.41, 5.74) is 0. The lowest BCUT2D eigenvalue weighted by molar-refractivity contribution is -0.157. The quantitative estimate of drug-likeness (QED) is 0.308. The zero-order valence-electron chi connectivity index (χ0n) is 16.6. The fourth-order valence-corrected chi connectivity index (χ4v) is 2.81. The number of nitrogens with one attached hydrogen (secondary N) is 2. The Labute approximate surface area is 184 Å².